The van der Waals surface area contributed by atoms with E-state index in [-0.39, 0.29) is 5.91 Å². The van der Waals surface area contributed by atoms with Crippen LogP contribution in [0, 0.1) is 0 Å². The van der Waals surface area contributed by atoms with E-state index >= 15 is 0 Å². The summed E-state index contributed by atoms with van der Waals surface area (Å²) in [6.45, 7) is 2.84. The number of aromatic nitrogens is 2. The van der Waals surface area contributed by atoms with Crippen LogP contribution in [-0.2, 0) is 4.79 Å². The lowest BCUT2D eigenvalue weighted by molar-refractivity contribution is -0.118. The van der Waals surface area contributed by atoms with Gasteiger partial charge in [-0.1, -0.05) is 79.7 Å². The lowest BCUT2D eigenvalue weighted by Gasteiger charge is -2.09. The number of unbranched alkanes of at least 4 members (excludes halogenated alkanes) is 1. The van der Waals surface area contributed by atoms with Gasteiger partial charge in [0.1, 0.15) is 10.7 Å². The van der Waals surface area contributed by atoms with Crippen LogP contribution >= 0.6 is 11.8 Å². The molecule has 0 bridgehead atoms. The highest BCUT2D eigenvalue weighted by Crippen LogP contribution is 2.31. The van der Waals surface area contributed by atoms with Crippen molar-refractivity contribution in [3.63, 3.8) is 0 Å². The van der Waals surface area contributed by atoms with Crippen molar-refractivity contribution in [3.8, 4) is 11.3 Å². The van der Waals surface area contributed by atoms with Gasteiger partial charge in [-0.15, -0.1) is 10.2 Å². The summed E-state index contributed by atoms with van der Waals surface area (Å²) in [7, 11) is 0. The molecule has 4 nitrogen and oxygen atoms in total. The van der Waals surface area contributed by atoms with Crippen molar-refractivity contribution in [2.75, 3.05) is 12.3 Å². The van der Waals surface area contributed by atoms with Crippen LogP contribution in [-0.4, -0.2) is 28.4 Å². The molecule has 5 heteroatoms. The summed E-state index contributed by atoms with van der Waals surface area (Å²) in [6, 6.07) is 18.1. The average molecular weight is 351 g/mol. The molecule has 0 unspecified atom stereocenters. The highest BCUT2D eigenvalue weighted by molar-refractivity contribution is 8.00. The molecule has 0 aliphatic rings. The Labute approximate surface area is 152 Å². The molecule has 0 saturated heterocycles. The predicted octanol–water partition coefficient (Wildman–Crippen LogP) is 4.31. The first-order valence-electron chi connectivity index (χ1n) is 8.50. The maximum Gasteiger partial charge on any atom is 0.230 e. The van der Waals surface area contributed by atoms with Crippen LogP contribution in [0.4, 0.5) is 0 Å². The number of carbonyl (C=O) groups is 1. The van der Waals surface area contributed by atoms with Gasteiger partial charge in [-0.3, -0.25) is 4.79 Å². The van der Waals surface area contributed by atoms with E-state index in [9.17, 15) is 4.79 Å². The molecule has 0 aliphatic heterocycles. The van der Waals surface area contributed by atoms with Crippen LogP contribution in [0.25, 0.3) is 22.0 Å². The van der Waals surface area contributed by atoms with Crippen molar-refractivity contribution >= 4 is 28.4 Å². The Morgan fingerprint density at radius 2 is 1.72 bits per heavy atom. The Morgan fingerprint density at radius 1 is 1.00 bits per heavy atom. The van der Waals surface area contributed by atoms with Gasteiger partial charge in [-0.25, -0.2) is 0 Å². The van der Waals surface area contributed by atoms with Gasteiger partial charge in [-0.05, 0) is 6.42 Å². The highest BCUT2D eigenvalue weighted by Gasteiger charge is 2.12. The van der Waals surface area contributed by atoms with Crippen molar-refractivity contribution in [2.45, 2.75) is 24.8 Å². The molecule has 2 aromatic carbocycles. The molecule has 0 radical (unpaired) electrons. The molecule has 1 heterocycles. The first-order chi connectivity index (χ1) is 12.3. The first-order valence-corrected chi connectivity index (χ1v) is 9.48. The molecule has 25 heavy (non-hydrogen) atoms. The third-order valence-corrected chi connectivity index (χ3v) is 4.87. The number of benzene rings is 2. The van der Waals surface area contributed by atoms with Gasteiger partial charge in [0.15, 0.2) is 0 Å². The fourth-order valence-electron chi connectivity index (χ4n) is 2.58. The third-order valence-electron chi connectivity index (χ3n) is 3.89. The van der Waals surface area contributed by atoms with Gasteiger partial charge >= 0.3 is 0 Å². The zero-order valence-corrected chi connectivity index (χ0v) is 15.1. The number of nitrogens with one attached hydrogen (secondary N) is 1. The summed E-state index contributed by atoms with van der Waals surface area (Å²) < 4.78 is 0. The second-order valence-corrected chi connectivity index (χ2v) is 6.72. The number of hydrogen-bond acceptors (Lipinski definition) is 4. The number of hydrogen-bond donors (Lipinski definition) is 1. The minimum absolute atomic E-state index is 0.0384. The summed E-state index contributed by atoms with van der Waals surface area (Å²) in [4.78, 5) is 11.9. The lowest BCUT2D eigenvalue weighted by atomic mass is 10.1. The molecule has 128 valence electrons. The quantitative estimate of drug-likeness (QED) is 0.509. The van der Waals surface area contributed by atoms with Gasteiger partial charge in [0.25, 0.3) is 0 Å². The summed E-state index contributed by atoms with van der Waals surface area (Å²) in [5.74, 6) is 0.393. The van der Waals surface area contributed by atoms with Crippen molar-refractivity contribution in [2.24, 2.45) is 0 Å². The summed E-state index contributed by atoms with van der Waals surface area (Å²) >= 11 is 1.43. The van der Waals surface area contributed by atoms with Crippen LogP contribution in [0.5, 0.6) is 0 Å². The van der Waals surface area contributed by atoms with Crippen LogP contribution in [0.2, 0.25) is 0 Å². The summed E-state index contributed by atoms with van der Waals surface area (Å²) in [6.07, 6.45) is 2.08. The van der Waals surface area contributed by atoms with E-state index in [0.29, 0.717) is 5.75 Å². The maximum absolute atomic E-state index is 11.9. The minimum Gasteiger partial charge on any atom is -0.355 e. The van der Waals surface area contributed by atoms with E-state index in [1.165, 1.54) is 11.8 Å². The van der Waals surface area contributed by atoms with Crippen molar-refractivity contribution in [1.29, 1.82) is 0 Å². The second-order valence-electron chi connectivity index (χ2n) is 5.76. The zero-order chi connectivity index (χ0) is 17.5. The highest BCUT2D eigenvalue weighted by atomic mass is 32.2. The fourth-order valence-corrected chi connectivity index (χ4v) is 3.39. The van der Waals surface area contributed by atoms with Gasteiger partial charge < -0.3 is 5.32 Å². The number of amides is 1. The molecule has 1 amide bonds. The van der Waals surface area contributed by atoms with E-state index < -0.39 is 0 Å². The third kappa shape index (κ3) is 4.37. The summed E-state index contributed by atoms with van der Waals surface area (Å²) in [5.41, 5.74) is 1.91. The normalized spacial score (nSPS) is 10.8. The molecule has 3 aromatic rings. The van der Waals surface area contributed by atoms with Crippen molar-refractivity contribution in [1.82, 2.24) is 15.5 Å². The molecular weight excluding hydrogens is 330 g/mol. The number of nitrogens with zero attached hydrogens (tertiary/aromatic N) is 2. The molecule has 1 aromatic heterocycles. The second kappa shape index (κ2) is 8.62. The topological polar surface area (TPSA) is 54.9 Å². The molecule has 0 atom stereocenters. The molecule has 3 rings (SSSR count). The van der Waals surface area contributed by atoms with E-state index in [4.69, 9.17) is 0 Å². The number of rotatable bonds is 7. The van der Waals surface area contributed by atoms with Crippen LogP contribution in [0.15, 0.2) is 59.6 Å². The van der Waals surface area contributed by atoms with Crippen LogP contribution in [0.3, 0.4) is 0 Å². The molecule has 0 spiro atoms. The first kappa shape index (κ1) is 17.4. The van der Waals surface area contributed by atoms with Crippen LogP contribution < -0.4 is 5.32 Å². The van der Waals surface area contributed by atoms with Gasteiger partial charge in [-0.2, -0.15) is 0 Å². The Balaban J connectivity index is 1.82. The maximum atomic E-state index is 11.9. The lowest BCUT2D eigenvalue weighted by Crippen LogP contribution is -2.26. The molecular formula is C20H21N3OS. The minimum atomic E-state index is 0.0384. The zero-order valence-electron chi connectivity index (χ0n) is 14.2. The van der Waals surface area contributed by atoms with Crippen molar-refractivity contribution in [3.05, 3.63) is 54.6 Å². The van der Waals surface area contributed by atoms with E-state index in [1.807, 2.05) is 48.5 Å². The SMILES string of the molecule is CCCCNC(=O)CSc1nnc(-c2ccccc2)c2ccccc12. The van der Waals surface area contributed by atoms with Gasteiger partial charge in [0.2, 0.25) is 5.91 Å². The Morgan fingerprint density at radius 3 is 2.48 bits per heavy atom. The van der Waals surface area contributed by atoms with Gasteiger partial charge in [0.05, 0.1) is 5.75 Å². The molecule has 1 N–H and O–H groups in total. The molecule has 0 aliphatic carbocycles. The Hall–Kier alpha value is -2.40. The van der Waals surface area contributed by atoms with E-state index in [2.05, 4.69) is 28.5 Å². The Kier molecular flexibility index (Phi) is 6.01. The summed E-state index contributed by atoms with van der Waals surface area (Å²) in [5, 5.41) is 14.6. The smallest absolute Gasteiger partial charge is 0.230 e. The van der Waals surface area contributed by atoms with Crippen LogP contribution in [0.1, 0.15) is 19.8 Å². The predicted molar refractivity (Wildman–Crippen MR) is 104 cm³/mol. The number of thioether (sulfide) groups is 1. The van der Waals surface area contributed by atoms with E-state index in [1.54, 1.807) is 0 Å². The standard InChI is InChI=1S/C20H21N3OS/c1-2-3-13-21-18(24)14-25-20-17-12-8-7-11-16(17)19(22-23-20)15-9-5-4-6-10-15/h4-12H,2-3,13-14H2,1H3,(H,21,24). The average Bonchev–Trinajstić information content (AvgIpc) is 2.67. The van der Waals surface area contributed by atoms with E-state index in [0.717, 1.165) is 46.4 Å². The van der Waals surface area contributed by atoms with Gasteiger partial charge in [0, 0.05) is 22.9 Å². The fraction of sp³-hybridized carbons (Fsp3) is 0.250. The monoisotopic (exact) mass is 351 g/mol. The molecule has 0 saturated carbocycles. The largest absolute Gasteiger partial charge is 0.355 e. The van der Waals surface area contributed by atoms with Crippen molar-refractivity contribution < 1.29 is 4.79 Å². The number of fused-ring (bicyclic) bond motifs is 1. The molecule has 0 fully saturated rings. The number of carbonyl (C=O) groups excluding carboxylic acids is 1. The Bertz CT molecular complexity index is 852.